The fourth-order valence-electron chi connectivity index (χ4n) is 1.04. The van der Waals surface area contributed by atoms with Gasteiger partial charge >= 0.3 is 0 Å². The second-order valence-electron chi connectivity index (χ2n) is 2.77. The highest BCUT2D eigenvalue weighted by Crippen LogP contribution is 2.26. The molecule has 76 valence electrons. The number of halogens is 1. The number of quaternary nitrogens is 1. The van der Waals surface area contributed by atoms with Gasteiger partial charge in [0.1, 0.15) is 11.7 Å². The standard InChI is InChI=1S/C9H10ClNO3/c1-14-7-3-2-5(4-6(7)10)8(11)9(12)13/h2-4,8H,11H2,1H3,(H,12,13)/t8-/m1/s1. The van der Waals surface area contributed by atoms with Crippen LogP contribution in [-0.2, 0) is 4.79 Å². The minimum Gasteiger partial charge on any atom is -0.544 e. The van der Waals surface area contributed by atoms with Crippen molar-refractivity contribution in [2.45, 2.75) is 6.04 Å². The topological polar surface area (TPSA) is 77.0 Å². The predicted molar refractivity (Wildman–Crippen MR) is 48.6 cm³/mol. The molecule has 14 heavy (non-hydrogen) atoms. The molecular weight excluding hydrogens is 206 g/mol. The van der Waals surface area contributed by atoms with E-state index in [9.17, 15) is 9.90 Å². The van der Waals surface area contributed by atoms with E-state index in [4.69, 9.17) is 16.3 Å². The van der Waals surface area contributed by atoms with Crippen molar-refractivity contribution in [3.05, 3.63) is 28.8 Å². The molecule has 3 N–H and O–H groups in total. The number of carboxylic acids is 1. The summed E-state index contributed by atoms with van der Waals surface area (Å²) in [6.45, 7) is 0. The molecule has 1 rings (SSSR count). The first-order valence-electron chi connectivity index (χ1n) is 3.93. The van der Waals surface area contributed by atoms with Gasteiger partial charge in [-0.15, -0.1) is 0 Å². The van der Waals surface area contributed by atoms with Crippen molar-refractivity contribution in [1.29, 1.82) is 0 Å². The maximum atomic E-state index is 10.5. The van der Waals surface area contributed by atoms with Crippen molar-refractivity contribution in [2.75, 3.05) is 7.11 Å². The monoisotopic (exact) mass is 215 g/mol. The van der Waals surface area contributed by atoms with Gasteiger partial charge in [0.05, 0.1) is 12.1 Å². The van der Waals surface area contributed by atoms with Gasteiger partial charge in [0.2, 0.25) is 0 Å². The van der Waals surface area contributed by atoms with E-state index in [2.05, 4.69) is 5.73 Å². The van der Waals surface area contributed by atoms with Crippen LogP contribution in [0.1, 0.15) is 11.6 Å². The summed E-state index contributed by atoms with van der Waals surface area (Å²) in [5.41, 5.74) is 3.94. The first-order chi connectivity index (χ1) is 6.56. The molecule has 1 atom stereocenters. The van der Waals surface area contributed by atoms with Crippen LogP contribution in [0.15, 0.2) is 18.2 Å². The van der Waals surface area contributed by atoms with Crippen LogP contribution in [0.2, 0.25) is 5.02 Å². The lowest BCUT2D eigenvalue weighted by molar-refractivity contribution is -0.443. The molecule has 1 aromatic carbocycles. The van der Waals surface area contributed by atoms with Crippen LogP contribution in [0.5, 0.6) is 5.75 Å². The number of aliphatic carboxylic acids is 1. The Morgan fingerprint density at radius 1 is 1.64 bits per heavy atom. The van der Waals surface area contributed by atoms with Crippen molar-refractivity contribution in [3.8, 4) is 5.75 Å². The Labute approximate surface area is 86.2 Å². The van der Waals surface area contributed by atoms with Crippen molar-refractivity contribution in [3.63, 3.8) is 0 Å². The lowest BCUT2D eigenvalue weighted by atomic mass is 10.1. The van der Waals surface area contributed by atoms with E-state index in [0.717, 1.165) is 0 Å². The van der Waals surface area contributed by atoms with Crippen LogP contribution in [0, 0.1) is 0 Å². The largest absolute Gasteiger partial charge is 0.544 e. The number of carbonyl (C=O) groups excluding carboxylic acids is 1. The summed E-state index contributed by atoms with van der Waals surface area (Å²) in [7, 11) is 1.49. The normalized spacial score (nSPS) is 12.2. The lowest BCUT2D eigenvalue weighted by Crippen LogP contribution is -2.61. The van der Waals surface area contributed by atoms with Gasteiger partial charge in [-0.25, -0.2) is 0 Å². The fraction of sp³-hybridized carbons (Fsp3) is 0.222. The van der Waals surface area contributed by atoms with Gasteiger partial charge in [0.25, 0.3) is 0 Å². The van der Waals surface area contributed by atoms with E-state index in [1.807, 2.05) is 0 Å². The van der Waals surface area contributed by atoms with Crippen LogP contribution >= 0.6 is 11.6 Å². The summed E-state index contributed by atoms with van der Waals surface area (Å²) in [6.07, 6.45) is 0. The zero-order chi connectivity index (χ0) is 10.7. The van der Waals surface area contributed by atoms with E-state index in [1.165, 1.54) is 13.2 Å². The van der Waals surface area contributed by atoms with Gasteiger partial charge in [0, 0.05) is 5.56 Å². The van der Waals surface area contributed by atoms with Crippen molar-refractivity contribution < 1.29 is 20.4 Å². The molecule has 0 fully saturated rings. The maximum Gasteiger partial charge on any atom is 0.150 e. The number of carbonyl (C=O) groups is 1. The van der Waals surface area contributed by atoms with Crippen LogP contribution in [-0.4, -0.2) is 13.1 Å². The summed E-state index contributed by atoms with van der Waals surface area (Å²) in [4.78, 5) is 10.5. The van der Waals surface area contributed by atoms with Crippen molar-refractivity contribution in [2.24, 2.45) is 0 Å². The number of hydrogen-bond donors (Lipinski definition) is 1. The summed E-state index contributed by atoms with van der Waals surface area (Å²) < 4.78 is 4.92. The van der Waals surface area contributed by atoms with Crippen LogP contribution in [0.25, 0.3) is 0 Å². The van der Waals surface area contributed by atoms with E-state index in [-0.39, 0.29) is 0 Å². The number of hydrogen-bond acceptors (Lipinski definition) is 3. The second-order valence-corrected chi connectivity index (χ2v) is 3.17. The highest BCUT2D eigenvalue weighted by molar-refractivity contribution is 6.32. The molecule has 0 aromatic heterocycles. The Balaban J connectivity index is 3.02. The average Bonchev–Trinajstić information content (AvgIpc) is 2.16. The zero-order valence-electron chi connectivity index (χ0n) is 7.62. The molecule has 0 aliphatic carbocycles. The number of rotatable bonds is 3. The SMILES string of the molecule is COc1ccc([C@@H]([NH3+])C(=O)[O-])cc1Cl. The summed E-state index contributed by atoms with van der Waals surface area (Å²) >= 11 is 5.81. The molecule has 5 heteroatoms. The molecule has 0 amide bonds. The van der Waals surface area contributed by atoms with E-state index in [1.54, 1.807) is 12.1 Å². The smallest absolute Gasteiger partial charge is 0.150 e. The summed E-state index contributed by atoms with van der Waals surface area (Å²) in [6, 6.07) is 3.78. The summed E-state index contributed by atoms with van der Waals surface area (Å²) in [5, 5.41) is 10.9. The minimum atomic E-state index is -1.23. The van der Waals surface area contributed by atoms with Gasteiger partial charge in [-0.3, -0.25) is 0 Å². The maximum absolute atomic E-state index is 10.5. The molecule has 0 aliphatic heterocycles. The van der Waals surface area contributed by atoms with Gasteiger partial charge in [-0.2, -0.15) is 0 Å². The molecule has 0 saturated heterocycles. The Hall–Kier alpha value is -1.26. The number of carboxylic acid groups (broad SMARTS) is 1. The quantitative estimate of drug-likeness (QED) is 0.730. The zero-order valence-corrected chi connectivity index (χ0v) is 8.38. The molecule has 0 bridgehead atoms. The molecule has 0 aliphatic rings. The number of methoxy groups -OCH3 is 1. The highest BCUT2D eigenvalue weighted by Gasteiger charge is 2.12. The van der Waals surface area contributed by atoms with Gasteiger partial charge in [0.15, 0.2) is 6.04 Å². The van der Waals surface area contributed by atoms with Gasteiger partial charge in [-0.1, -0.05) is 11.6 Å². The Morgan fingerprint density at radius 2 is 2.29 bits per heavy atom. The number of benzene rings is 1. The number of ether oxygens (including phenoxy) is 1. The Morgan fingerprint density at radius 3 is 2.71 bits per heavy atom. The second kappa shape index (κ2) is 4.30. The molecule has 4 nitrogen and oxygen atoms in total. The summed E-state index contributed by atoms with van der Waals surface area (Å²) in [5.74, 6) is -0.729. The fourth-order valence-corrected chi connectivity index (χ4v) is 1.30. The minimum absolute atomic E-state index is 0.361. The predicted octanol–water partition coefficient (Wildman–Crippen LogP) is -0.618. The molecule has 0 unspecified atom stereocenters. The lowest BCUT2D eigenvalue weighted by Gasteiger charge is -2.11. The molecule has 0 radical (unpaired) electrons. The average molecular weight is 216 g/mol. The molecular formula is C9H10ClNO3. The van der Waals surface area contributed by atoms with E-state index in [0.29, 0.717) is 16.3 Å². The van der Waals surface area contributed by atoms with Crippen molar-refractivity contribution in [1.82, 2.24) is 0 Å². The first kappa shape index (κ1) is 10.8. The molecule has 0 heterocycles. The van der Waals surface area contributed by atoms with Crippen LogP contribution in [0.4, 0.5) is 0 Å². The van der Waals surface area contributed by atoms with Gasteiger partial charge < -0.3 is 20.4 Å². The van der Waals surface area contributed by atoms with Gasteiger partial charge in [-0.05, 0) is 18.2 Å². The third-order valence-electron chi connectivity index (χ3n) is 1.86. The Bertz CT molecular complexity index is 354. The molecule has 0 saturated carbocycles. The van der Waals surface area contributed by atoms with Crippen LogP contribution < -0.4 is 15.6 Å². The van der Waals surface area contributed by atoms with Crippen LogP contribution in [0.3, 0.4) is 0 Å². The Kier molecular flexibility index (Phi) is 3.33. The highest BCUT2D eigenvalue weighted by atomic mass is 35.5. The van der Waals surface area contributed by atoms with E-state index < -0.39 is 12.0 Å². The van der Waals surface area contributed by atoms with E-state index >= 15 is 0 Å². The molecule has 0 spiro atoms. The third-order valence-corrected chi connectivity index (χ3v) is 2.16. The molecule has 1 aromatic rings. The van der Waals surface area contributed by atoms with Crippen molar-refractivity contribution >= 4 is 17.6 Å². The first-order valence-corrected chi connectivity index (χ1v) is 4.31. The third kappa shape index (κ3) is 2.16.